The molecule has 0 spiro atoms. The van der Waals surface area contributed by atoms with Crippen molar-refractivity contribution in [3.8, 4) is 16.9 Å². The zero-order chi connectivity index (χ0) is 22.4. The van der Waals surface area contributed by atoms with E-state index in [4.69, 9.17) is 9.47 Å². The maximum absolute atomic E-state index is 11.9. The summed E-state index contributed by atoms with van der Waals surface area (Å²) in [5.41, 5.74) is 6.85. The molecule has 0 aliphatic carbocycles. The lowest BCUT2D eigenvalue weighted by Crippen LogP contribution is -2.23. The zero-order valence-corrected chi connectivity index (χ0v) is 19.2. The Kier molecular flexibility index (Phi) is 7.17. The molecule has 0 N–H and O–H groups in total. The van der Waals surface area contributed by atoms with Gasteiger partial charge < -0.3 is 9.47 Å². The summed E-state index contributed by atoms with van der Waals surface area (Å²) < 4.78 is 11.4. The minimum absolute atomic E-state index is 0.170. The van der Waals surface area contributed by atoms with E-state index in [1.807, 2.05) is 45.0 Å². The third kappa shape index (κ3) is 6.71. The highest BCUT2D eigenvalue weighted by Gasteiger charge is 2.15. The van der Waals surface area contributed by atoms with E-state index in [1.165, 1.54) is 22.3 Å². The zero-order valence-electron chi connectivity index (χ0n) is 19.2. The average Bonchev–Trinajstić information content (AvgIpc) is 2.70. The van der Waals surface area contributed by atoms with Crippen LogP contribution >= 0.6 is 0 Å². The molecule has 0 saturated heterocycles. The lowest BCUT2D eigenvalue weighted by molar-refractivity contribution is -0.154. The third-order valence-corrected chi connectivity index (χ3v) is 5.06. The lowest BCUT2D eigenvalue weighted by atomic mass is 9.95. The van der Waals surface area contributed by atoms with E-state index in [0.717, 1.165) is 16.9 Å². The van der Waals surface area contributed by atoms with Gasteiger partial charge in [-0.3, -0.25) is 4.79 Å². The summed E-state index contributed by atoms with van der Waals surface area (Å²) >= 11 is 0. The minimum atomic E-state index is -0.440. The van der Waals surface area contributed by atoms with Gasteiger partial charge in [-0.15, -0.1) is 0 Å². The van der Waals surface area contributed by atoms with Gasteiger partial charge in [0.2, 0.25) is 0 Å². The second-order valence-electron chi connectivity index (χ2n) is 8.99. The third-order valence-electron chi connectivity index (χ3n) is 5.06. The molecular weight excluding hydrogens is 384 g/mol. The smallest absolute Gasteiger partial charge is 0.306 e. The molecule has 0 unspecified atom stereocenters. The van der Waals surface area contributed by atoms with Crippen molar-refractivity contribution in [1.82, 2.24) is 0 Å². The van der Waals surface area contributed by atoms with Gasteiger partial charge >= 0.3 is 5.97 Å². The molecule has 0 aliphatic heterocycles. The Bertz CT molecular complexity index is 1010. The molecule has 0 amide bonds. The molecule has 0 atom stereocenters. The van der Waals surface area contributed by atoms with Crippen molar-refractivity contribution in [3.63, 3.8) is 0 Å². The average molecular weight is 417 g/mol. The first-order chi connectivity index (χ1) is 14.7. The molecule has 31 heavy (non-hydrogen) atoms. The standard InChI is InChI=1S/C28H32O3/c1-20-8-6-9-21(2)27(20)24-11-7-10-23(18-24)19-30-25-15-12-22(13-16-25)14-17-26(29)31-28(3,4)5/h6-13,15-16,18H,14,17,19H2,1-5H3. The van der Waals surface area contributed by atoms with Crippen LogP contribution in [0, 0.1) is 13.8 Å². The van der Waals surface area contributed by atoms with Crippen molar-refractivity contribution < 1.29 is 14.3 Å². The van der Waals surface area contributed by atoms with Crippen molar-refractivity contribution in [2.24, 2.45) is 0 Å². The molecule has 3 aromatic carbocycles. The molecule has 3 aromatic rings. The molecule has 0 aliphatic rings. The van der Waals surface area contributed by atoms with Crippen LogP contribution in [0.5, 0.6) is 5.75 Å². The second-order valence-corrected chi connectivity index (χ2v) is 8.99. The molecule has 0 saturated carbocycles. The number of hydrogen-bond donors (Lipinski definition) is 0. The SMILES string of the molecule is Cc1cccc(C)c1-c1cccc(COc2ccc(CCC(=O)OC(C)(C)C)cc2)c1. The normalized spacial score (nSPS) is 11.3. The monoisotopic (exact) mass is 416 g/mol. The number of esters is 1. The van der Waals surface area contributed by atoms with Gasteiger partial charge in [0, 0.05) is 6.42 Å². The second kappa shape index (κ2) is 9.82. The van der Waals surface area contributed by atoms with Crippen LogP contribution in [0.15, 0.2) is 66.7 Å². The van der Waals surface area contributed by atoms with Crippen molar-refractivity contribution in [2.45, 2.75) is 59.7 Å². The number of ether oxygens (including phenoxy) is 2. The number of rotatable bonds is 7. The van der Waals surface area contributed by atoms with Crippen molar-refractivity contribution in [3.05, 3.63) is 89.0 Å². The maximum Gasteiger partial charge on any atom is 0.306 e. The van der Waals surface area contributed by atoms with Crippen LogP contribution in [0.2, 0.25) is 0 Å². The van der Waals surface area contributed by atoms with Gasteiger partial charge in [-0.2, -0.15) is 0 Å². The van der Waals surface area contributed by atoms with E-state index in [1.54, 1.807) is 0 Å². The quantitative estimate of drug-likeness (QED) is 0.396. The molecule has 3 rings (SSSR count). The molecule has 3 heteroatoms. The lowest BCUT2D eigenvalue weighted by Gasteiger charge is -2.19. The van der Waals surface area contributed by atoms with Crippen LogP contribution in [-0.2, 0) is 22.6 Å². The number of benzene rings is 3. The van der Waals surface area contributed by atoms with Gasteiger partial charge in [0.25, 0.3) is 0 Å². The molecule has 0 heterocycles. The number of aryl methyl sites for hydroxylation is 3. The fourth-order valence-electron chi connectivity index (χ4n) is 3.64. The Balaban J connectivity index is 1.58. The fourth-order valence-corrected chi connectivity index (χ4v) is 3.64. The largest absolute Gasteiger partial charge is 0.489 e. The first-order valence-electron chi connectivity index (χ1n) is 10.8. The van der Waals surface area contributed by atoms with Crippen LogP contribution in [-0.4, -0.2) is 11.6 Å². The highest BCUT2D eigenvalue weighted by Crippen LogP contribution is 2.28. The molecule has 0 fully saturated rings. The van der Waals surface area contributed by atoms with Crippen LogP contribution < -0.4 is 4.74 Å². The summed E-state index contributed by atoms with van der Waals surface area (Å²) in [5.74, 6) is 0.648. The summed E-state index contributed by atoms with van der Waals surface area (Å²) in [4.78, 5) is 11.9. The Hall–Kier alpha value is -3.07. The van der Waals surface area contributed by atoms with E-state index in [-0.39, 0.29) is 5.97 Å². The predicted molar refractivity (Wildman–Crippen MR) is 126 cm³/mol. The first-order valence-corrected chi connectivity index (χ1v) is 10.8. The summed E-state index contributed by atoms with van der Waals surface area (Å²) in [7, 11) is 0. The Morgan fingerprint density at radius 2 is 1.48 bits per heavy atom. The van der Waals surface area contributed by atoms with Gasteiger partial charge in [-0.05, 0) is 92.6 Å². The van der Waals surface area contributed by atoms with Crippen LogP contribution in [0.4, 0.5) is 0 Å². The van der Waals surface area contributed by atoms with E-state index in [2.05, 4.69) is 56.3 Å². The van der Waals surface area contributed by atoms with E-state index in [0.29, 0.717) is 19.4 Å². The molecule has 3 nitrogen and oxygen atoms in total. The van der Waals surface area contributed by atoms with Gasteiger partial charge in [-0.1, -0.05) is 48.5 Å². The van der Waals surface area contributed by atoms with E-state index in [9.17, 15) is 4.79 Å². The topological polar surface area (TPSA) is 35.5 Å². The fraction of sp³-hybridized carbons (Fsp3) is 0.321. The molecule has 0 radical (unpaired) electrons. The van der Waals surface area contributed by atoms with Gasteiger partial charge in [0.15, 0.2) is 0 Å². The highest BCUT2D eigenvalue weighted by atomic mass is 16.6. The van der Waals surface area contributed by atoms with Crippen LogP contribution in [0.1, 0.15) is 49.4 Å². The Morgan fingerprint density at radius 1 is 0.839 bits per heavy atom. The van der Waals surface area contributed by atoms with Crippen molar-refractivity contribution in [1.29, 1.82) is 0 Å². The van der Waals surface area contributed by atoms with Crippen LogP contribution in [0.25, 0.3) is 11.1 Å². The first kappa shape index (κ1) is 22.6. The maximum atomic E-state index is 11.9. The highest BCUT2D eigenvalue weighted by molar-refractivity contribution is 5.71. The minimum Gasteiger partial charge on any atom is -0.489 e. The Labute approximate surface area is 186 Å². The molecule has 0 aromatic heterocycles. The van der Waals surface area contributed by atoms with E-state index >= 15 is 0 Å². The summed E-state index contributed by atoms with van der Waals surface area (Å²) in [5, 5.41) is 0. The predicted octanol–water partition coefficient (Wildman–Crippen LogP) is 6.82. The van der Waals surface area contributed by atoms with E-state index < -0.39 is 5.60 Å². The van der Waals surface area contributed by atoms with Gasteiger partial charge in [0.1, 0.15) is 18.0 Å². The molecule has 0 bridgehead atoms. The number of carbonyl (C=O) groups excluding carboxylic acids is 1. The summed E-state index contributed by atoms with van der Waals surface area (Å²) in [6, 6.07) is 22.8. The van der Waals surface area contributed by atoms with Crippen LogP contribution in [0.3, 0.4) is 0 Å². The Morgan fingerprint density at radius 3 is 2.13 bits per heavy atom. The van der Waals surface area contributed by atoms with Crippen molar-refractivity contribution >= 4 is 5.97 Å². The summed E-state index contributed by atoms with van der Waals surface area (Å²) in [6.45, 7) is 10.5. The van der Waals surface area contributed by atoms with Gasteiger partial charge in [0.05, 0.1) is 0 Å². The molecule has 162 valence electrons. The van der Waals surface area contributed by atoms with Gasteiger partial charge in [-0.25, -0.2) is 0 Å². The van der Waals surface area contributed by atoms with Crippen molar-refractivity contribution in [2.75, 3.05) is 0 Å². The molecular formula is C28H32O3. The number of carbonyl (C=O) groups is 1. The number of hydrogen-bond acceptors (Lipinski definition) is 3. The summed E-state index contributed by atoms with van der Waals surface area (Å²) in [6.07, 6.45) is 1.04.